The highest BCUT2D eigenvalue weighted by Crippen LogP contribution is 2.29. The van der Waals surface area contributed by atoms with Crippen molar-refractivity contribution in [3.63, 3.8) is 0 Å². The summed E-state index contributed by atoms with van der Waals surface area (Å²) in [6.45, 7) is 3.84. The number of nitrogens with zero attached hydrogens (tertiary/aromatic N) is 1. The van der Waals surface area contributed by atoms with Gasteiger partial charge in [0.25, 0.3) is 0 Å². The Balaban J connectivity index is 1.77. The van der Waals surface area contributed by atoms with Crippen LogP contribution in [0.2, 0.25) is 0 Å². The second-order valence-electron chi connectivity index (χ2n) is 10.7. The van der Waals surface area contributed by atoms with Crippen molar-refractivity contribution >= 4 is 27.7 Å². The molecule has 5 N–H and O–H groups in total. The summed E-state index contributed by atoms with van der Waals surface area (Å²) in [6, 6.07) is 23.1. The van der Waals surface area contributed by atoms with E-state index >= 15 is 0 Å². The predicted octanol–water partition coefficient (Wildman–Crippen LogP) is 3.73. The first kappa shape index (κ1) is 33.6. The van der Waals surface area contributed by atoms with E-state index in [1.165, 1.54) is 35.7 Å². The number of sulfonamides is 1. The predicted molar refractivity (Wildman–Crippen MR) is 167 cm³/mol. The molecule has 0 spiro atoms. The summed E-state index contributed by atoms with van der Waals surface area (Å²) in [5.41, 5.74) is 7.87. The lowest BCUT2D eigenvalue weighted by molar-refractivity contribution is -0.123. The van der Waals surface area contributed by atoms with Gasteiger partial charge in [-0.3, -0.25) is 4.79 Å². The zero-order valence-electron chi connectivity index (χ0n) is 24.8. The number of carbonyl (C=O) groups excluding carboxylic acids is 2. The molecule has 0 fully saturated rings. The van der Waals surface area contributed by atoms with Gasteiger partial charge in [-0.1, -0.05) is 74.5 Å². The van der Waals surface area contributed by atoms with Gasteiger partial charge in [-0.25, -0.2) is 13.2 Å². The standard InChI is InChI=1S/C32H42N4O6S/c1-23(2)21-36(43(40,41)28-18-16-26(33)17-19-28)27(22-37)15-10-20-34-31(38)30(35-32(39)42-3)29(24-11-6-4-7-12-24)25-13-8-5-9-14-25/h4-9,11-14,16-19,23,27,29-30,37H,10,15,20-22,33H2,1-3H3,(H,34,38)(H,35,39)/t27?,30-/m0/s1. The quantitative estimate of drug-likeness (QED) is 0.151. The second kappa shape index (κ2) is 16.1. The molecule has 0 saturated carbocycles. The van der Waals surface area contributed by atoms with Crippen LogP contribution in [-0.4, -0.2) is 68.7 Å². The van der Waals surface area contributed by atoms with Gasteiger partial charge in [-0.2, -0.15) is 4.31 Å². The van der Waals surface area contributed by atoms with Crippen molar-refractivity contribution in [1.82, 2.24) is 14.9 Å². The molecule has 0 bridgehead atoms. The second-order valence-corrected chi connectivity index (χ2v) is 12.6. The van der Waals surface area contributed by atoms with Gasteiger partial charge >= 0.3 is 6.09 Å². The number of aliphatic hydroxyl groups is 1. The Morgan fingerprint density at radius 2 is 1.49 bits per heavy atom. The van der Waals surface area contributed by atoms with Gasteiger partial charge in [-0.05, 0) is 54.2 Å². The third kappa shape index (κ3) is 9.28. The van der Waals surface area contributed by atoms with Crippen LogP contribution in [0.3, 0.4) is 0 Å². The Morgan fingerprint density at radius 3 is 1.98 bits per heavy atom. The number of alkyl carbamates (subject to hydrolysis) is 1. The fourth-order valence-corrected chi connectivity index (χ4v) is 6.76. The molecule has 0 aliphatic rings. The molecule has 0 aromatic heterocycles. The van der Waals surface area contributed by atoms with Crippen LogP contribution in [0.4, 0.5) is 10.5 Å². The van der Waals surface area contributed by atoms with E-state index in [9.17, 15) is 23.1 Å². The zero-order valence-corrected chi connectivity index (χ0v) is 25.7. The molecule has 0 radical (unpaired) electrons. The fourth-order valence-electron chi connectivity index (χ4n) is 4.95. The average Bonchev–Trinajstić information content (AvgIpc) is 3.00. The SMILES string of the molecule is COC(=O)N[C@H](C(=O)NCCCC(CO)N(CC(C)C)S(=O)(=O)c1ccc(N)cc1)C(c1ccccc1)c1ccccc1. The molecule has 43 heavy (non-hydrogen) atoms. The molecule has 0 aliphatic heterocycles. The number of anilines is 1. The topological polar surface area (TPSA) is 151 Å². The third-order valence-corrected chi connectivity index (χ3v) is 8.99. The summed E-state index contributed by atoms with van der Waals surface area (Å²) < 4.78 is 33.2. The lowest BCUT2D eigenvalue weighted by Gasteiger charge is -2.31. The van der Waals surface area contributed by atoms with Gasteiger partial charge in [0.2, 0.25) is 15.9 Å². The zero-order chi connectivity index (χ0) is 31.4. The number of methoxy groups -OCH3 is 1. The van der Waals surface area contributed by atoms with E-state index in [1.54, 1.807) is 0 Å². The summed E-state index contributed by atoms with van der Waals surface area (Å²) in [5.74, 6) is -0.911. The van der Waals surface area contributed by atoms with E-state index in [0.717, 1.165) is 11.1 Å². The summed E-state index contributed by atoms with van der Waals surface area (Å²) in [6.07, 6.45) is -0.0579. The van der Waals surface area contributed by atoms with Crippen LogP contribution >= 0.6 is 0 Å². The van der Waals surface area contributed by atoms with Gasteiger partial charge in [-0.15, -0.1) is 0 Å². The molecule has 3 aromatic rings. The molecule has 2 atom stereocenters. The van der Waals surface area contributed by atoms with Crippen molar-refractivity contribution in [2.24, 2.45) is 5.92 Å². The largest absolute Gasteiger partial charge is 0.453 e. The molecule has 0 heterocycles. The van der Waals surface area contributed by atoms with E-state index in [-0.39, 0.29) is 30.5 Å². The van der Waals surface area contributed by atoms with Crippen LogP contribution in [0.5, 0.6) is 0 Å². The molecule has 1 unspecified atom stereocenters. The smallest absolute Gasteiger partial charge is 0.407 e. The molecule has 2 amide bonds. The van der Waals surface area contributed by atoms with Crippen LogP contribution in [-0.2, 0) is 19.6 Å². The summed E-state index contributed by atoms with van der Waals surface area (Å²) >= 11 is 0. The number of hydrogen-bond acceptors (Lipinski definition) is 7. The monoisotopic (exact) mass is 610 g/mol. The minimum atomic E-state index is -3.91. The van der Waals surface area contributed by atoms with Crippen LogP contribution in [0.25, 0.3) is 0 Å². The van der Waals surface area contributed by atoms with E-state index in [0.29, 0.717) is 18.5 Å². The molecule has 3 aromatic carbocycles. The first-order chi connectivity index (χ1) is 20.6. The van der Waals surface area contributed by atoms with E-state index in [2.05, 4.69) is 10.6 Å². The lowest BCUT2D eigenvalue weighted by Crippen LogP contribution is -2.50. The van der Waals surface area contributed by atoms with Crippen molar-refractivity contribution in [2.75, 3.05) is 32.5 Å². The van der Waals surface area contributed by atoms with Gasteiger partial charge in [0, 0.05) is 30.7 Å². The Labute approximate surface area is 254 Å². The molecule has 0 saturated heterocycles. The van der Waals surface area contributed by atoms with Crippen LogP contribution < -0.4 is 16.4 Å². The highest BCUT2D eigenvalue weighted by atomic mass is 32.2. The van der Waals surface area contributed by atoms with Crippen molar-refractivity contribution in [3.05, 3.63) is 96.1 Å². The van der Waals surface area contributed by atoms with Crippen LogP contribution in [0.1, 0.15) is 43.7 Å². The minimum Gasteiger partial charge on any atom is -0.453 e. The van der Waals surface area contributed by atoms with Gasteiger partial charge in [0.1, 0.15) is 6.04 Å². The first-order valence-corrected chi connectivity index (χ1v) is 15.7. The van der Waals surface area contributed by atoms with Crippen molar-refractivity contribution in [2.45, 2.75) is 49.6 Å². The minimum absolute atomic E-state index is 0.00960. The molecule has 11 heteroatoms. The maximum absolute atomic E-state index is 13.6. The third-order valence-electron chi connectivity index (χ3n) is 7.06. The van der Waals surface area contributed by atoms with Crippen molar-refractivity contribution in [1.29, 1.82) is 0 Å². The molecular formula is C32H42N4O6S. The number of amides is 2. The Kier molecular flexibility index (Phi) is 12.5. The summed E-state index contributed by atoms with van der Waals surface area (Å²) in [7, 11) is -2.67. The normalized spacial score (nSPS) is 13.1. The van der Waals surface area contributed by atoms with Crippen LogP contribution in [0.15, 0.2) is 89.8 Å². The summed E-state index contributed by atoms with van der Waals surface area (Å²) in [5, 5.41) is 15.8. The number of nitrogens with two attached hydrogens (primary N) is 1. The molecule has 3 rings (SSSR count). The van der Waals surface area contributed by atoms with E-state index < -0.39 is 40.0 Å². The first-order valence-electron chi connectivity index (χ1n) is 14.3. The van der Waals surface area contributed by atoms with Crippen molar-refractivity contribution in [3.8, 4) is 0 Å². The number of nitrogen functional groups attached to an aromatic ring is 1. The number of hydrogen-bond donors (Lipinski definition) is 4. The van der Waals surface area contributed by atoms with Crippen LogP contribution in [0, 0.1) is 5.92 Å². The number of aliphatic hydroxyl groups excluding tert-OH is 1. The molecule has 10 nitrogen and oxygen atoms in total. The highest BCUT2D eigenvalue weighted by molar-refractivity contribution is 7.89. The van der Waals surface area contributed by atoms with Gasteiger partial charge in [0.15, 0.2) is 0 Å². The Hall–Kier alpha value is -3.93. The van der Waals surface area contributed by atoms with Crippen molar-refractivity contribution < 1.29 is 27.9 Å². The lowest BCUT2D eigenvalue weighted by atomic mass is 9.84. The average molecular weight is 611 g/mol. The van der Waals surface area contributed by atoms with Gasteiger partial charge in [0.05, 0.1) is 18.6 Å². The van der Waals surface area contributed by atoms with E-state index in [1.807, 2.05) is 74.5 Å². The maximum atomic E-state index is 13.6. The van der Waals surface area contributed by atoms with Gasteiger partial charge < -0.3 is 26.2 Å². The highest BCUT2D eigenvalue weighted by Gasteiger charge is 2.34. The fraction of sp³-hybridized carbons (Fsp3) is 0.375. The number of benzene rings is 3. The molecule has 232 valence electrons. The van der Waals surface area contributed by atoms with E-state index in [4.69, 9.17) is 10.5 Å². The number of carbonyl (C=O) groups is 2. The molecule has 0 aliphatic carbocycles. The number of nitrogens with one attached hydrogen (secondary N) is 2. The number of ether oxygens (including phenoxy) is 1. The maximum Gasteiger partial charge on any atom is 0.407 e. The molecular weight excluding hydrogens is 568 g/mol. The Bertz CT molecular complexity index is 1360. The summed E-state index contributed by atoms with van der Waals surface area (Å²) in [4.78, 5) is 26.0. The Morgan fingerprint density at radius 1 is 0.930 bits per heavy atom. The number of rotatable bonds is 15.